The van der Waals surface area contributed by atoms with Crippen LogP contribution in [0, 0.1) is 0 Å². The van der Waals surface area contributed by atoms with Crippen molar-refractivity contribution in [2.75, 3.05) is 5.32 Å². The monoisotopic (exact) mass is 361 g/mol. The molecule has 5 heteroatoms. The van der Waals surface area contributed by atoms with Crippen molar-refractivity contribution in [3.8, 4) is 11.5 Å². The van der Waals surface area contributed by atoms with E-state index in [1.54, 1.807) is 12.3 Å². The molecular weight excluding hydrogens is 338 g/mol. The van der Waals surface area contributed by atoms with E-state index in [1.807, 2.05) is 74.5 Å². The summed E-state index contributed by atoms with van der Waals surface area (Å²) in [6, 6.07) is 20.9. The fraction of sp³-hybridized carbons (Fsp3) is 0.182. The number of nitrogens with zero attached hydrogens (tertiary/aromatic N) is 1. The van der Waals surface area contributed by atoms with E-state index in [9.17, 15) is 4.79 Å². The van der Waals surface area contributed by atoms with Gasteiger partial charge in [0.05, 0.1) is 5.69 Å². The van der Waals surface area contributed by atoms with Crippen molar-refractivity contribution in [2.24, 2.45) is 0 Å². The normalized spacial score (nSPS) is 11.5. The maximum Gasteiger partial charge on any atom is 0.270 e. The molecule has 0 radical (unpaired) electrons. The van der Waals surface area contributed by atoms with Crippen LogP contribution in [0.15, 0.2) is 72.9 Å². The lowest BCUT2D eigenvalue weighted by Crippen LogP contribution is -2.32. The predicted octanol–water partition coefficient (Wildman–Crippen LogP) is 5.15. The quantitative estimate of drug-likeness (QED) is 0.611. The van der Waals surface area contributed by atoms with E-state index in [2.05, 4.69) is 15.6 Å². The van der Waals surface area contributed by atoms with Crippen LogP contribution in [0.25, 0.3) is 0 Å². The van der Waals surface area contributed by atoms with Gasteiger partial charge in [-0.2, -0.15) is 0 Å². The van der Waals surface area contributed by atoms with Crippen LogP contribution >= 0.6 is 0 Å². The van der Waals surface area contributed by atoms with Gasteiger partial charge >= 0.3 is 0 Å². The summed E-state index contributed by atoms with van der Waals surface area (Å²) in [4.78, 5) is 16.5. The molecule has 0 spiro atoms. The summed E-state index contributed by atoms with van der Waals surface area (Å²) in [6.07, 6.45) is 2.49. The van der Waals surface area contributed by atoms with Crippen LogP contribution in [0.5, 0.6) is 11.5 Å². The summed E-state index contributed by atoms with van der Waals surface area (Å²) in [5.74, 6) is 1.28. The molecular formula is C22H23N3O2. The molecule has 138 valence electrons. The summed E-state index contributed by atoms with van der Waals surface area (Å²) in [6.45, 7) is 4.00. The lowest BCUT2D eigenvalue weighted by Gasteiger charge is -2.14. The fourth-order valence-electron chi connectivity index (χ4n) is 2.46. The van der Waals surface area contributed by atoms with Crippen LogP contribution in [0.3, 0.4) is 0 Å². The predicted molar refractivity (Wildman–Crippen MR) is 108 cm³/mol. The molecule has 0 aliphatic heterocycles. The standard InChI is InChI=1S/C22H23N3O2/c1-3-16(2)24-22(26)20-15-17(13-14-23-20)25-19-11-7-8-12-21(19)27-18-9-5-4-6-10-18/h4-16H,3H2,1-2H3,(H,23,25)(H,24,26). The summed E-state index contributed by atoms with van der Waals surface area (Å²) < 4.78 is 5.97. The Morgan fingerprint density at radius 1 is 1.07 bits per heavy atom. The highest BCUT2D eigenvalue weighted by molar-refractivity contribution is 5.93. The van der Waals surface area contributed by atoms with Gasteiger partial charge in [0, 0.05) is 17.9 Å². The molecule has 0 bridgehead atoms. The summed E-state index contributed by atoms with van der Waals surface area (Å²) in [5, 5.41) is 6.24. The number of para-hydroxylation sites is 3. The van der Waals surface area contributed by atoms with Crippen LogP contribution in [-0.2, 0) is 0 Å². The second-order valence-electron chi connectivity index (χ2n) is 6.25. The molecule has 1 unspecified atom stereocenters. The van der Waals surface area contributed by atoms with Gasteiger partial charge in [0.25, 0.3) is 5.91 Å². The number of carbonyl (C=O) groups excluding carboxylic acids is 1. The molecule has 3 rings (SSSR count). The fourth-order valence-corrected chi connectivity index (χ4v) is 2.46. The van der Waals surface area contributed by atoms with E-state index >= 15 is 0 Å². The average molecular weight is 361 g/mol. The van der Waals surface area contributed by atoms with Gasteiger partial charge < -0.3 is 15.4 Å². The summed E-state index contributed by atoms with van der Waals surface area (Å²) in [7, 11) is 0. The number of amides is 1. The molecule has 3 aromatic rings. The van der Waals surface area contributed by atoms with Gasteiger partial charge in [-0.1, -0.05) is 37.3 Å². The second kappa shape index (κ2) is 8.85. The van der Waals surface area contributed by atoms with E-state index in [0.717, 1.165) is 23.5 Å². The zero-order chi connectivity index (χ0) is 19.1. The van der Waals surface area contributed by atoms with Crippen molar-refractivity contribution >= 4 is 17.3 Å². The van der Waals surface area contributed by atoms with Gasteiger partial charge in [0.15, 0.2) is 5.75 Å². The molecule has 1 aromatic heterocycles. The number of hydrogen-bond donors (Lipinski definition) is 2. The number of ether oxygens (including phenoxy) is 1. The van der Waals surface area contributed by atoms with Crippen LogP contribution in [0.1, 0.15) is 30.8 Å². The number of aromatic nitrogens is 1. The number of hydrogen-bond acceptors (Lipinski definition) is 4. The Labute approximate surface area is 159 Å². The Morgan fingerprint density at radius 2 is 1.81 bits per heavy atom. The first-order valence-electron chi connectivity index (χ1n) is 9.01. The minimum atomic E-state index is -0.179. The van der Waals surface area contributed by atoms with E-state index < -0.39 is 0 Å². The Bertz CT molecular complexity index is 897. The molecule has 0 aliphatic carbocycles. The van der Waals surface area contributed by atoms with E-state index in [0.29, 0.717) is 11.4 Å². The third-order valence-corrected chi connectivity index (χ3v) is 4.12. The number of nitrogens with one attached hydrogen (secondary N) is 2. The van der Waals surface area contributed by atoms with Crippen molar-refractivity contribution < 1.29 is 9.53 Å². The lowest BCUT2D eigenvalue weighted by atomic mass is 10.2. The van der Waals surface area contributed by atoms with Gasteiger partial charge in [-0.15, -0.1) is 0 Å². The van der Waals surface area contributed by atoms with Crippen molar-refractivity contribution in [3.05, 3.63) is 78.6 Å². The highest BCUT2D eigenvalue weighted by Crippen LogP contribution is 2.31. The Hall–Kier alpha value is -3.34. The second-order valence-corrected chi connectivity index (χ2v) is 6.25. The summed E-state index contributed by atoms with van der Waals surface area (Å²) in [5.41, 5.74) is 1.95. The minimum Gasteiger partial charge on any atom is -0.455 e. The van der Waals surface area contributed by atoms with Crippen LogP contribution in [0.4, 0.5) is 11.4 Å². The SMILES string of the molecule is CCC(C)NC(=O)c1cc(Nc2ccccc2Oc2ccccc2)ccn1. The van der Waals surface area contributed by atoms with Crippen LogP contribution < -0.4 is 15.4 Å². The number of pyridine rings is 1. The van der Waals surface area contributed by atoms with Gasteiger partial charge in [-0.3, -0.25) is 9.78 Å². The van der Waals surface area contributed by atoms with Crippen LogP contribution in [0.2, 0.25) is 0 Å². The number of carbonyl (C=O) groups is 1. The van der Waals surface area contributed by atoms with Crippen molar-refractivity contribution in [3.63, 3.8) is 0 Å². The first kappa shape index (κ1) is 18.5. The third kappa shape index (κ3) is 5.07. The first-order valence-corrected chi connectivity index (χ1v) is 9.01. The molecule has 1 amide bonds. The van der Waals surface area contributed by atoms with Crippen LogP contribution in [-0.4, -0.2) is 16.9 Å². The highest BCUT2D eigenvalue weighted by Gasteiger charge is 2.11. The zero-order valence-corrected chi connectivity index (χ0v) is 15.5. The number of anilines is 2. The largest absolute Gasteiger partial charge is 0.455 e. The van der Waals surface area contributed by atoms with E-state index in [4.69, 9.17) is 4.74 Å². The molecule has 0 saturated carbocycles. The first-order chi connectivity index (χ1) is 13.2. The molecule has 2 N–H and O–H groups in total. The minimum absolute atomic E-state index is 0.107. The Balaban J connectivity index is 1.78. The molecule has 0 aliphatic rings. The van der Waals surface area contributed by atoms with Gasteiger partial charge in [0.1, 0.15) is 11.4 Å². The number of benzene rings is 2. The van der Waals surface area contributed by atoms with Crippen molar-refractivity contribution in [1.29, 1.82) is 0 Å². The Kier molecular flexibility index (Phi) is 6.05. The maximum atomic E-state index is 12.3. The van der Waals surface area contributed by atoms with E-state index in [-0.39, 0.29) is 11.9 Å². The van der Waals surface area contributed by atoms with E-state index in [1.165, 1.54) is 0 Å². The molecule has 5 nitrogen and oxygen atoms in total. The average Bonchev–Trinajstić information content (AvgIpc) is 2.70. The van der Waals surface area contributed by atoms with Gasteiger partial charge in [-0.25, -0.2) is 0 Å². The lowest BCUT2D eigenvalue weighted by molar-refractivity contribution is 0.0934. The molecule has 27 heavy (non-hydrogen) atoms. The van der Waals surface area contributed by atoms with Crippen molar-refractivity contribution in [2.45, 2.75) is 26.3 Å². The molecule has 1 heterocycles. The third-order valence-electron chi connectivity index (χ3n) is 4.12. The molecule has 0 fully saturated rings. The molecule has 1 atom stereocenters. The highest BCUT2D eigenvalue weighted by atomic mass is 16.5. The topological polar surface area (TPSA) is 63.2 Å². The zero-order valence-electron chi connectivity index (χ0n) is 15.5. The Morgan fingerprint density at radius 3 is 2.59 bits per heavy atom. The summed E-state index contributed by atoms with van der Waals surface area (Å²) >= 11 is 0. The maximum absolute atomic E-state index is 12.3. The molecule has 2 aromatic carbocycles. The van der Waals surface area contributed by atoms with Gasteiger partial charge in [-0.05, 0) is 49.7 Å². The molecule has 0 saturated heterocycles. The number of rotatable bonds is 7. The van der Waals surface area contributed by atoms with Crippen molar-refractivity contribution in [1.82, 2.24) is 10.3 Å². The van der Waals surface area contributed by atoms with Gasteiger partial charge in [0.2, 0.25) is 0 Å². The smallest absolute Gasteiger partial charge is 0.270 e.